The van der Waals surface area contributed by atoms with Crippen molar-refractivity contribution in [1.29, 1.82) is 0 Å². The Hall–Kier alpha value is -3.53. The predicted molar refractivity (Wildman–Crippen MR) is 130 cm³/mol. The molecule has 0 bridgehead atoms. The molecule has 4 heteroatoms. The van der Waals surface area contributed by atoms with Gasteiger partial charge in [-0.15, -0.1) is 0 Å². The summed E-state index contributed by atoms with van der Waals surface area (Å²) < 4.78 is 5.69. The van der Waals surface area contributed by atoms with E-state index in [0.717, 1.165) is 16.7 Å². The van der Waals surface area contributed by atoms with Crippen LogP contribution >= 0.6 is 0 Å². The second-order valence-electron chi connectivity index (χ2n) is 7.97. The molecule has 0 N–H and O–H groups in total. The molecule has 0 aliphatic heterocycles. The van der Waals surface area contributed by atoms with Crippen LogP contribution in [0.2, 0.25) is 0 Å². The van der Waals surface area contributed by atoms with Gasteiger partial charge in [0.15, 0.2) is 11.6 Å². The standard InChI is InChI=1S/C27H24O4.C2H6/c1-5-18-23(27(30)31-14-22-15(2)9-8-10-16(22)3)17(4)13-21-24(18)26(29)20-12-7-6-11-19(20)25(21)28;1-2/h6-13H,5,14H2,1-4H3;1-2H3. The van der Waals surface area contributed by atoms with Crippen molar-refractivity contribution >= 4 is 17.5 Å². The van der Waals surface area contributed by atoms with Crippen LogP contribution in [0, 0.1) is 20.8 Å². The number of hydrogen-bond acceptors (Lipinski definition) is 4. The third-order valence-corrected chi connectivity index (χ3v) is 6.07. The molecule has 170 valence electrons. The quantitative estimate of drug-likeness (QED) is 0.346. The van der Waals surface area contributed by atoms with E-state index in [1.54, 1.807) is 37.3 Å². The van der Waals surface area contributed by atoms with E-state index in [9.17, 15) is 14.4 Å². The van der Waals surface area contributed by atoms with Crippen LogP contribution in [0.25, 0.3) is 0 Å². The third-order valence-electron chi connectivity index (χ3n) is 6.07. The molecule has 0 unspecified atom stereocenters. The smallest absolute Gasteiger partial charge is 0.339 e. The third kappa shape index (κ3) is 4.25. The molecule has 1 aliphatic carbocycles. The van der Waals surface area contributed by atoms with Crippen LogP contribution in [0.3, 0.4) is 0 Å². The highest BCUT2D eigenvalue weighted by atomic mass is 16.5. The van der Waals surface area contributed by atoms with Gasteiger partial charge in [-0.25, -0.2) is 4.79 Å². The molecule has 0 atom stereocenters. The van der Waals surface area contributed by atoms with Crippen molar-refractivity contribution in [2.75, 3.05) is 0 Å². The number of esters is 1. The number of ether oxygens (including phenoxy) is 1. The first-order valence-corrected chi connectivity index (χ1v) is 11.4. The fourth-order valence-electron chi connectivity index (χ4n) is 4.41. The second-order valence-corrected chi connectivity index (χ2v) is 7.97. The van der Waals surface area contributed by atoms with Crippen LogP contribution in [0.15, 0.2) is 48.5 Å². The van der Waals surface area contributed by atoms with E-state index in [1.807, 2.05) is 52.8 Å². The van der Waals surface area contributed by atoms with Gasteiger partial charge in [-0.3, -0.25) is 9.59 Å². The zero-order chi connectivity index (χ0) is 24.3. The van der Waals surface area contributed by atoms with Crippen molar-refractivity contribution in [1.82, 2.24) is 0 Å². The summed E-state index contributed by atoms with van der Waals surface area (Å²) in [6.45, 7) is 11.8. The van der Waals surface area contributed by atoms with Crippen molar-refractivity contribution in [3.63, 3.8) is 0 Å². The van der Waals surface area contributed by atoms with E-state index in [4.69, 9.17) is 4.74 Å². The Bertz CT molecular complexity index is 1230. The Morgan fingerprint density at radius 1 is 0.758 bits per heavy atom. The van der Waals surface area contributed by atoms with Crippen LogP contribution in [-0.2, 0) is 17.8 Å². The number of hydrogen-bond donors (Lipinski definition) is 0. The van der Waals surface area contributed by atoms with Crippen LogP contribution in [0.1, 0.15) is 90.8 Å². The summed E-state index contributed by atoms with van der Waals surface area (Å²) in [6.07, 6.45) is 0.443. The van der Waals surface area contributed by atoms with Crippen LogP contribution in [0.5, 0.6) is 0 Å². The van der Waals surface area contributed by atoms with Crippen LogP contribution in [-0.4, -0.2) is 17.5 Å². The fourth-order valence-corrected chi connectivity index (χ4v) is 4.41. The van der Waals surface area contributed by atoms with Gasteiger partial charge in [0, 0.05) is 22.3 Å². The van der Waals surface area contributed by atoms with E-state index in [-0.39, 0.29) is 18.2 Å². The van der Waals surface area contributed by atoms with Gasteiger partial charge in [-0.05, 0) is 61.1 Å². The van der Waals surface area contributed by atoms with Crippen molar-refractivity contribution in [2.24, 2.45) is 0 Å². The van der Waals surface area contributed by atoms with Crippen molar-refractivity contribution in [3.05, 3.63) is 104 Å². The molecule has 0 heterocycles. The molecule has 0 radical (unpaired) electrons. The minimum atomic E-state index is -0.473. The number of fused-ring (bicyclic) bond motifs is 2. The van der Waals surface area contributed by atoms with Crippen molar-refractivity contribution in [3.8, 4) is 0 Å². The molecule has 0 spiro atoms. The number of ketones is 2. The average molecular weight is 443 g/mol. The summed E-state index contributed by atoms with van der Waals surface area (Å²) in [5.41, 5.74) is 6.18. The molecule has 0 fully saturated rings. The minimum Gasteiger partial charge on any atom is -0.457 e. The average Bonchev–Trinajstić information content (AvgIpc) is 2.82. The number of carbonyl (C=O) groups is 3. The molecule has 4 rings (SSSR count). The summed E-state index contributed by atoms with van der Waals surface area (Å²) in [7, 11) is 0. The lowest BCUT2D eigenvalue weighted by Gasteiger charge is -2.23. The van der Waals surface area contributed by atoms with Gasteiger partial charge >= 0.3 is 5.97 Å². The van der Waals surface area contributed by atoms with Crippen molar-refractivity contribution < 1.29 is 19.1 Å². The maximum absolute atomic E-state index is 13.3. The Balaban J connectivity index is 0.00000149. The fraction of sp³-hybridized carbons (Fsp3) is 0.276. The molecule has 0 saturated heterocycles. The highest BCUT2D eigenvalue weighted by molar-refractivity contribution is 6.29. The molecular weight excluding hydrogens is 412 g/mol. The minimum absolute atomic E-state index is 0.159. The van der Waals surface area contributed by atoms with Gasteiger partial charge in [-0.2, -0.15) is 0 Å². The molecule has 33 heavy (non-hydrogen) atoms. The van der Waals surface area contributed by atoms with Gasteiger partial charge in [0.1, 0.15) is 6.61 Å². The molecule has 3 aromatic carbocycles. The molecule has 3 aromatic rings. The first-order valence-electron chi connectivity index (χ1n) is 11.4. The summed E-state index contributed by atoms with van der Waals surface area (Å²) in [4.78, 5) is 39.5. The molecule has 1 aliphatic rings. The first-order chi connectivity index (χ1) is 15.8. The van der Waals surface area contributed by atoms with Gasteiger partial charge in [0.2, 0.25) is 0 Å². The Kier molecular flexibility index (Phi) is 7.27. The lowest BCUT2D eigenvalue weighted by molar-refractivity contribution is 0.0469. The first kappa shape index (κ1) is 24.1. The Morgan fingerprint density at radius 3 is 1.91 bits per heavy atom. The SMILES string of the molecule is CC.CCc1c(C(=O)OCc2c(C)cccc2C)c(C)cc2c1C(=O)c1ccccc1C2=O. The van der Waals surface area contributed by atoms with E-state index in [2.05, 4.69) is 0 Å². The highest BCUT2D eigenvalue weighted by Crippen LogP contribution is 2.33. The maximum Gasteiger partial charge on any atom is 0.339 e. The summed E-state index contributed by atoms with van der Waals surface area (Å²) in [6, 6.07) is 14.4. The normalized spacial score (nSPS) is 11.8. The summed E-state index contributed by atoms with van der Waals surface area (Å²) in [5.74, 6) is -0.872. The zero-order valence-corrected chi connectivity index (χ0v) is 20.2. The molecular formula is C29H30O4. The number of benzene rings is 3. The Labute approximate surface area is 195 Å². The molecule has 0 saturated carbocycles. The number of aryl methyl sites for hydroxylation is 3. The van der Waals surface area contributed by atoms with Gasteiger partial charge in [0.05, 0.1) is 5.56 Å². The highest BCUT2D eigenvalue weighted by Gasteiger charge is 2.34. The lowest BCUT2D eigenvalue weighted by Crippen LogP contribution is -2.25. The summed E-state index contributed by atoms with van der Waals surface area (Å²) in [5, 5.41) is 0. The summed E-state index contributed by atoms with van der Waals surface area (Å²) >= 11 is 0. The monoisotopic (exact) mass is 442 g/mol. The number of rotatable bonds is 4. The largest absolute Gasteiger partial charge is 0.457 e. The van der Waals surface area contributed by atoms with E-state index in [1.165, 1.54) is 0 Å². The van der Waals surface area contributed by atoms with Gasteiger partial charge < -0.3 is 4.74 Å². The molecule has 0 aromatic heterocycles. The van der Waals surface area contributed by atoms with E-state index in [0.29, 0.717) is 45.4 Å². The van der Waals surface area contributed by atoms with E-state index >= 15 is 0 Å². The zero-order valence-electron chi connectivity index (χ0n) is 20.2. The Morgan fingerprint density at radius 2 is 1.33 bits per heavy atom. The topological polar surface area (TPSA) is 60.4 Å². The van der Waals surface area contributed by atoms with Gasteiger partial charge in [0.25, 0.3) is 0 Å². The van der Waals surface area contributed by atoms with Gasteiger partial charge in [-0.1, -0.05) is 63.2 Å². The van der Waals surface area contributed by atoms with Crippen molar-refractivity contribution in [2.45, 2.75) is 54.6 Å². The molecule has 0 amide bonds. The molecule has 4 nitrogen and oxygen atoms in total. The number of carbonyl (C=O) groups excluding carboxylic acids is 3. The van der Waals surface area contributed by atoms with E-state index < -0.39 is 5.97 Å². The van der Waals surface area contributed by atoms with Crippen LogP contribution in [0.4, 0.5) is 0 Å². The van der Waals surface area contributed by atoms with Crippen LogP contribution < -0.4 is 0 Å². The maximum atomic E-state index is 13.3. The predicted octanol–water partition coefficient (Wildman–Crippen LogP) is 6.33. The lowest BCUT2D eigenvalue weighted by atomic mass is 9.78. The second kappa shape index (κ2) is 9.95.